The largest absolute Gasteiger partial charge is 0.409 e. The van der Waals surface area contributed by atoms with E-state index in [0.29, 0.717) is 10.8 Å². The lowest BCUT2D eigenvalue weighted by Gasteiger charge is -2.15. The molecular formula is C15H15ClN2OS. The molecule has 3 N–H and O–H groups in total. The first-order valence-corrected chi connectivity index (χ1v) is 7.48. The van der Waals surface area contributed by atoms with Crippen molar-refractivity contribution in [2.24, 2.45) is 10.9 Å². The van der Waals surface area contributed by atoms with Gasteiger partial charge in [0.25, 0.3) is 0 Å². The molecule has 0 aliphatic heterocycles. The Morgan fingerprint density at radius 1 is 1.20 bits per heavy atom. The molecule has 0 aliphatic carbocycles. The molecule has 2 aromatic rings. The van der Waals surface area contributed by atoms with Gasteiger partial charge < -0.3 is 10.9 Å². The standard InChI is InChI=1S/C15H15ClN2OS/c16-12-7-4-8-13(9-12)20-10-14(15(17)18-19)11-5-2-1-3-6-11/h1-9,14,19H,10H2,(H2,17,18). The van der Waals surface area contributed by atoms with Crippen LogP contribution in [-0.2, 0) is 0 Å². The van der Waals surface area contributed by atoms with Gasteiger partial charge in [0.1, 0.15) is 5.84 Å². The summed E-state index contributed by atoms with van der Waals surface area (Å²) in [6.07, 6.45) is 0. The van der Waals surface area contributed by atoms with E-state index in [1.165, 1.54) is 0 Å². The van der Waals surface area contributed by atoms with Gasteiger partial charge in [-0.05, 0) is 23.8 Å². The van der Waals surface area contributed by atoms with E-state index in [9.17, 15) is 0 Å². The van der Waals surface area contributed by atoms with E-state index in [0.717, 1.165) is 10.5 Å². The van der Waals surface area contributed by atoms with E-state index in [1.54, 1.807) is 11.8 Å². The summed E-state index contributed by atoms with van der Waals surface area (Å²) >= 11 is 7.59. The van der Waals surface area contributed by atoms with Gasteiger partial charge in [-0.1, -0.05) is 53.2 Å². The SMILES string of the molecule is NC(=NO)C(CSc1cccc(Cl)c1)c1ccccc1. The molecule has 3 nitrogen and oxygen atoms in total. The van der Waals surface area contributed by atoms with Crippen LogP contribution >= 0.6 is 23.4 Å². The maximum Gasteiger partial charge on any atom is 0.147 e. The Balaban J connectivity index is 2.13. The minimum absolute atomic E-state index is 0.134. The van der Waals surface area contributed by atoms with Crippen molar-refractivity contribution in [3.8, 4) is 0 Å². The number of hydrogen-bond donors (Lipinski definition) is 2. The molecule has 5 heteroatoms. The van der Waals surface area contributed by atoms with Crippen molar-refractivity contribution in [2.75, 3.05) is 5.75 Å². The highest BCUT2D eigenvalue weighted by molar-refractivity contribution is 7.99. The second-order valence-electron chi connectivity index (χ2n) is 4.26. The van der Waals surface area contributed by atoms with Gasteiger partial charge in [0.15, 0.2) is 0 Å². The van der Waals surface area contributed by atoms with Crippen LogP contribution in [0, 0.1) is 0 Å². The Hall–Kier alpha value is -1.65. The number of amidine groups is 1. The second-order valence-corrected chi connectivity index (χ2v) is 5.79. The van der Waals surface area contributed by atoms with Crippen molar-refractivity contribution in [3.63, 3.8) is 0 Å². The number of nitrogens with two attached hydrogens (primary N) is 1. The zero-order chi connectivity index (χ0) is 14.4. The Bertz CT molecular complexity index is 589. The molecule has 0 fully saturated rings. The van der Waals surface area contributed by atoms with E-state index < -0.39 is 0 Å². The van der Waals surface area contributed by atoms with Crippen LogP contribution in [0.4, 0.5) is 0 Å². The van der Waals surface area contributed by atoms with Gasteiger partial charge in [-0.25, -0.2) is 0 Å². The van der Waals surface area contributed by atoms with Gasteiger partial charge >= 0.3 is 0 Å². The van der Waals surface area contributed by atoms with Crippen LogP contribution in [0.5, 0.6) is 0 Å². The smallest absolute Gasteiger partial charge is 0.147 e. The quantitative estimate of drug-likeness (QED) is 0.289. The summed E-state index contributed by atoms with van der Waals surface area (Å²) in [4.78, 5) is 1.06. The highest BCUT2D eigenvalue weighted by Crippen LogP contribution is 2.28. The molecule has 0 aliphatic rings. The number of thioether (sulfide) groups is 1. The molecule has 0 radical (unpaired) electrons. The van der Waals surface area contributed by atoms with Gasteiger partial charge in [-0.15, -0.1) is 11.8 Å². The first-order valence-electron chi connectivity index (χ1n) is 6.11. The van der Waals surface area contributed by atoms with Crippen LogP contribution in [0.25, 0.3) is 0 Å². The number of benzene rings is 2. The molecule has 0 spiro atoms. The van der Waals surface area contributed by atoms with Crippen LogP contribution in [0.15, 0.2) is 64.6 Å². The van der Waals surface area contributed by atoms with E-state index in [-0.39, 0.29) is 11.8 Å². The summed E-state index contributed by atoms with van der Waals surface area (Å²) in [5, 5.41) is 12.8. The first kappa shape index (κ1) is 14.8. The van der Waals surface area contributed by atoms with Crippen molar-refractivity contribution in [3.05, 3.63) is 65.2 Å². The average molecular weight is 307 g/mol. The van der Waals surface area contributed by atoms with Crippen LogP contribution in [-0.4, -0.2) is 16.8 Å². The van der Waals surface area contributed by atoms with Crippen molar-refractivity contribution in [1.29, 1.82) is 0 Å². The predicted molar refractivity (Wildman–Crippen MR) is 84.8 cm³/mol. The number of oxime groups is 1. The molecule has 0 amide bonds. The van der Waals surface area contributed by atoms with Gasteiger partial charge in [-0.3, -0.25) is 0 Å². The molecule has 104 valence electrons. The Labute approximate surface area is 127 Å². The lowest BCUT2D eigenvalue weighted by atomic mass is 10.0. The molecule has 1 atom stereocenters. The summed E-state index contributed by atoms with van der Waals surface area (Å²) in [6, 6.07) is 17.4. The lowest BCUT2D eigenvalue weighted by Crippen LogP contribution is -2.23. The molecule has 2 aromatic carbocycles. The molecule has 0 bridgehead atoms. The zero-order valence-electron chi connectivity index (χ0n) is 10.7. The Morgan fingerprint density at radius 2 is 1.95 bits per heavy atom. The van der Waals surface area contributed by atoms with E-state index in [1.807, 2.05) is 54.6 Å². The maximum absolute atomic E-state index is 8.94. The highest BCUT2D eigenvalue weighted by atomic mass is 35.5. The average Bonchev–Trinajstić information content (AvgIpc) is 2.48. The number of rotatable bonds is 5. The number of nitrogens with zero attached hydrogens (tertiary/aromatic N) is 1. The Morgan fingerprint density at radius 3 is 2.60 bits per heavy atom. The minimum atomic E-state index is -0.134. The summed E-state index contributed by atoms with van der Waals surface area (Å²) in [7, 11) is 0. The predicted octanol–water partition coefficient (Wildman–Crippen LogP) is 3.96. The van der Waals surface area contributed by atoms with Crippen LogP contribution in [0.1, 0.15) is 11.5 Å². The fourth-order valence-electron chi connectivity index (χ4n) is 1.84. The van der Waals surface area contributed by atoms with Crippen LogP contribution in [0.3, 0.4) is 0 Å². The van der Waals surface area contributed by atoms with Crippen molar-refractivity contribution < 1.29 is 5.21 Å². The lowest BCUT2D eigenvalue weighted by molar-refractivity contribution is 0.316. The van der Waals surface area contributed by atoms with Crippen molar-refractivity contribution in [1.82, 2.24) is 0 Å². The molecule has 0 saturated carbocycles. The highest BCUT2D eigenvalue weighted by Gasteiger charge is 2.16. The fourth-order valence-corrected chi connectivity index (χ4v) is 3.21. The van der Waals surface area contributed by atoms with E-state index in [2.05, 4.69) is 5.16 Å². The number of hydrogen-bond acceptors (Lipinski definition) is 3. The zero-order valence-corrected chi connectivity index (χ0v) is 12.3. The molecule has 0 heterocycles. The fraction of sp³-hybridized carbons (Fsp3) is 0.133. The van der Waals surface area contributed by atoms with E-state index >= 15 is 0 Å². The van der Waals surface area contributed by atoms with Gasteiger partial charge in [0.2, 0.25) is 0 Å². The summed E-state index contributed by atoms with van der Waals surface area (Å²) in [5.41, 5.74) is 6.83. The van der Waals surface area contributed by atoms with Crippen molar-refractivity contribution in [2.45, 2.75) is 10.8 Å². The van der Waals surface area contributed by atoms with Crippen LogP contribution < -0.4 is 5.73 Å². The van der Waals surface area contributed by atoms with Gasteiger partial charge in [0, 0.05) is 15.7 Å². The summed E-state index contributed by atoms with van der Waals surface area (Å²) in [5.74, 6) is 0.760. The normalized spacial score (nSPS) is 13.2. The second kappa shape index (κ2) is 7.22. The molecular weight excluding hydrogens is 292 g/mol. The van der Waals surface area contributed by atoms with Crippen molar-refractivity contribution >= 4 is 29.2 Å². The molecule has 0 saturated heterocycles. The molecule has 1 unspecified atom stereocenters. The third-order valence-electron chi connectivity index (χ3n) is 2.89. The van der Waals surface area contributed by atoms with Gasteiger partial charge in [-0.2, -0.15) is 0 Å². The number of halogens is 1. The monoisotopic (exact) mass is 306 g/mol. The third kappa shape index (κ3) is 3.92. The van der Waals surface area contributed by atoms with E-state index in [4.69, 9.17) is 22.5 Å². The maximum atomic E-state index is 8.94. The first-order chi connectivity index (χ1) is 9.70. The summed E-state index contributed by atoms with van der Waals surface area (Å²) < 4.78 is 0. The minimum Gasteiger partial charge on any atom is -0.409 e. The Kier molecular flexibility index (Phi) is 5.32. The topological polar surface area (TPSA) is 58.6 Å². The molecule has 0 aromatic heterocycles. The molecule has 2 rings (SSSR count). The third-order valence-corrected chi connectivity index (χ3v) is 4.21. The van der Waals surface area contributed by atoms with Gasteiger partial charge in [0.05, 0.1) is 5.92 Å². The summed E-state index contributed by atoms with van der Waals surface area (Å²) in [6.45, 7) is 0. The van der Waals surface area contributed by atoms with Crippen LogP contribution in [0.2, 0.25) is 5.02 Å². The molecule has 20 heavy (non-hydrogen) atoms.